The van der Waals surface area contributed by atoms with Gasteiger partial charge < -0.3 is 14.5 Å². The number of aryl methyl sites for hydroxylation is 1. The summed E-state index contributed by atoms with van der Waals surface area (Å²) in [6.07, 6.45) is 0. The molecule has 154 valence electrons. The summed E-state index contributed by atoms with van der Waals surface area (Å²) in [5, 5.41) is 2.02. The zero-order valence-corrected chi connectivity index (χ0v) is 16.8. The van der Waals surface area contributed by atoms with Crippen LogP contribution in [0.2, 0.25) is 0 Å². The quantitative estimate of drug-likeness (QED) is 0.665. The van der Waals surface area contributed by atoms with Crippen molar-refractivity contribution in [2.45, 2.75) is 6.92 Å². The third kappa shape index (κ3) is 4.13. The summed E-state index contributed by atoms with van der Waals surface area (Å²) in [5.41, 5.74) is 0.838. The summed E-state index contributed by atoms with van der Waals surface area (Å²) in [7, 11) is 0. The Kier molecular flexibility index (Phi) is 5.65. The number of halogens is 1. The van der Waals surface area contributed by atoms with Crippen LogP contribution < -0.4 is 4.74 Å². The molecule has 1 saturated heterocycles. The van der Waals surface area contributed by atoms with Gasteiger partial charge in [-0.2, -0.15) is 0 Å². The van der Waals surface area contributed by atoms with Gasteiger partial charge >= 0.3 is 0 Å². The molecule has 3 aromatic rings. The van der Waals surface area contributed by atoms with Crippen LogP contribution in [-0.2, 0) is 4.79 Å². The third-order valence-corrected chi connectivity index (χ3v) is 5.44. The Labute approximate surface area is 174 Å². The van der Waals surface area contributed by atoms with Crippen molar-refractivity contribution < 1.29 is 18.7 Å². The highest BCUT2D eigenvalue weighted by molar-refractivity contribution is 5.94. The molecule has 0 bridgehead atoms. The zero-order chi connectivity index (χ0) is 21.1. The highest BCUT2D eigenvalue weighted by Crippen LogP contribution is 2.25. The average Bonchev–Trinajstić information content (AvgIpc) is 2.79. The molecule has 0 aromatic heterocycles. The van der Waals surface area contributed by atoms with Gasteiger partial charge in [0, 0.05) is 37.1 Å². The fraction of sp³-hybridized carbons (Fsp3) is 0.250. The van der Waals surface area contributed by atoms with Crippen molar-refractivity contribution in [3.05, 3.63) is 77.6 Å². The van der Waals surface area contributed by atoms with E-state index in [1.165, 1.54) is 6.07 Å². The lowest BCUT2D eigenvalue weighted by molar-refractivity contribution is -0.134. The first-order chi connectivity index (χ1) is 14.5. The molecule has 0 aliphatic carbocycles. The molecule has 3 aromatic carbocycles. The van der Waals surface area contributed by atoms with E-state index in [-0.39, 0.29) is 24.2 Å². The minimum atomic E-state index is -0.389. The molecule has 0 atom stereocenters. The first-order valence-corrected chi connectivity index (χ1v) is 9.97. The van der Waals surface area contributed by atoms with E-state index < -0.39 is 0 Å². The number of rotatable bonds is 4. The summed E-state index contributed by atoms with van der Waals surface area (Å²) >= 11 is 0. The number of fused-ring (bicyclic) bond motifs is 1. The number of benzene rings is 3. The second-order valence-electron chi connectivity index (χ2n) is 7.40. The van der Waals surface area contributed by atoms with E-state index in [4.69, 9.17) is 4.74 Å². The number of amides is 2. The monoisotopic (exact) mass is 406 g/mol. The van der Waals surface area contributed by atoms with Gasteiger partial charge in [0.1, 0.15) is 11.6 Å². The minimum absolute atomic E-state index is 0.0505. The minimum Gasteiger partial charge on any atom is -0.483 e. The number of carbonyl (C=O) groups is 2. The van der Waals surface area contributed by atoms with E-state index in [0.717, 1.165) is 10.8 Å². The predicted molar refractivity (Wildman–Crippen MR) is 113 cm³/mol. The Morgan fingerprint density at radius 1 is 0.933 bits per heavy atom. The SMILES string of the molecule is Cc1ccc(C(=O)N2CCN(C(=O)COc3cccc4ccccc34)CC2)cc1F. The maximum Gasteiger partial charge on any atom is 0.260 e. The number of carbonyl (C=O) groups excluding carboxylic acids is 2. The van der Waals surface area contributed by atoms with Crippen LogP contribution in [0.5, 0.6) is 5.75 Å². The second kappa shape index (κ2) is 8.53. The smallest absolute Gasteiger partial charge is 0.260 e. The van der Waals surface area contributed by atoms with Gasteiger partial charge in [0.25, 0.3) is 11.8 Å². The van der Waals surface area contributed by atoms with Crippen molar-refractivity contribution in [2.75, 3.05) is 32.8 Å². The van der Waals surface area contributed by atoms with Gasteiger partial charge in [-0.3, -0.25) is 9.59 Å². The van der Waals surface area contributed by atoms with Crippen molar-refractivity contribution in [3.8, 4) is 5.75 Å². The first kappa shape index (κ1) is 19.9. The molecule has 2 amide bonds. The van der Waals surface area contributed by atoms with Crippen LogP contribution in [0, 0.1) is 12.7 Å². The molecule has 0 unspecified atom stereocenters. The van der Waals surface area contributed by atoms with Crippen molar-refractivity contribution in [3.63, 3.8) is 0 Å². The summed E-state index contributed by atoms with van der Waals surface area (Å²) in [5.74, 6) is -0.0404. The third-order valence-electron chi connectivity index (χ3n) is 5.44. The van der Waals surface area contributed by atoms with E-state index >= 15 is 0 Å². The lowest BCUT2D eigenvalue weighted by Gasteiger charge is -2.34. The molecule has 6 heteroatoms. The Morgan fingerprint density at radius 3 is 2.40 bits per heavy atom. The Balaban J connectivity index is 1.33. The van der Waals surface area contributed by atoms with E-state index in [0.29, 0.717) is 43.1 Å². The van der Waals surface area contributed by atoms with Crippen LogP contribution >= 0.6 is 0 Å². The van der Waals surface area contributed by atoms with Crippen molar-refractivity contribution in [1.82, 2.24) is 9.80 Å². The molecular weight excluding hydrogens is 383 g/mol. The normalized spacial score (nSPS) is 14.1. The first-order valence-electron chi connectivity index (χ1n) is 9.97. The molecule has 1 aliphatic rings. The average molecular weight is 406 g/mol. The molecule has 30 heavy (non-hydrogen) atoms. The lowest BCUT2D eigenvalue weighted by atomic mass is 10.1. The zero-order valence-electron chi connectivity index (χ0n) is 16.8. The van der Waals surface area contributed by atoms with Gasteiger partial charge in [-0.05, 0) is 36.1 Å². The summed E-state index contributed by atoms with van der Waals surface area (Å²) in [4.78, 5) is 28.5. The van der Waals surface area contributed by atoms with Gasteiger partial charge in [0.2, 0.25) is 0 Å². The van der Waals surface area contributed by atoms with E-state index in [1.54, 1.807) is 28.9 Å². The van der Waals surface area contributed by atoms with Gasteiger partial charge in [-0.25, -0.2) is 4.39 Å². The van der Waals surface area contributed by atoms with Crippen molar-refractivity contribution in [2.24, 2.45) is 0 Å². The van der Waals surface area contributed by atoms with Crippen molar-refractivity contribution in [1.29, 1.82) is 0 Å². The maximum atomic E-state index is 13.8. The van der Waals surface area contributed by atoms with E-state index in [2.05, 4.69) is 0 Å². The fourth-order valence-corrected chi connectivity index (χ4v) is 3.62. The molecule has 4 rings (SSSR count). The van der Waals surface area contributed by atoms with Gasteiger partial charge in [0.15, 0.2) is 6.61 Å². The van der Waals surface area contributed by atoms with Crippen LogP contribution in [0.15, 0.2) is 60.7 Å². The number of nitrogens with zero attached hydrogens (tertiary/aromatic N) is 2. The maximum absolute atomic E-state index is 13.8. The molecule has 5 nitrogen and oxygen atoms in total. The van der Waals surface area contributed by atoms with Gasteiger partial charge in [-0.15, -0.1) is 0 Å². The summed E-state index contributed by atoms with van der Waals surface area (Å²) < 4.78 is 19.5. The van der Waals surface area contributed by atoms with Gasteiger partial charge in [-0.1, -0.05) is 42.5 Å². The van der Waals surface area contributed by atoms with Crippen LogP contribution in [0.25, 0.3) is 10.8 Å². The molecule has 1 fully saturated rings. The van der Waals surface area contributed by atoms with E-state index in [1.807, 2.05) is 42.5 Å². The fourth-order valence-electron chi connectivity index (χ4n) is 3.62. The number of ether oxygens (including phenoxy) is 1. The second-order valence-corrected chi connectivity index (χ2v) is 7.40. The van der Waals surface area contributed by atoms with Crippen LogP contribution in [0.1, 0.15) is 15.9 Å². The number of hydrogen-bond acceptors (Lipinski definition) is 3. The Morgan fingerprint density at radius 2 is 1.63 bits per heavy atom. The predicted octanol–water partition coefficient (Wildman–Crippen LogP) is 3.65. The van der Waals surface area contributed by atoms with Gasteiger partial charge in [0.05, 0.1) is 0 Å². The number of hydrogen-bond donors (Lipinski definition) is 0. The van der Waals surface area contributed by atoms with E-state index in [9.17, 15) is 14.0 Å². The topological polar surface area (TPSA) is 49.9 Å². The Hall–Kier alpha value is -3.41. The molecule has 0 N–H and O–H groups in total. The molecule has 0 spiro atoms. The summed E-state index contributed by atoms with van der Waals surface area (Å²) in [6, 6.07) is 18.1. The molecule has 0 saturated carbocycles. The lowest BCUT2D eigenvalue weighted by Crippen LogP contribution is -2.51. The standard InChI is InChI=1S/C24H23FN2O3/c1-17-9-10-19(15-21(17)25)24(29)27-13-11-26(12-14-27)23(28)16-30-22-8-4-6-18-5-2-3-7-20(18)22/h2-10,15H,11-14,16H2,1H3. The molecule has 1 heterocycles. The van der Waals surface area contributed by atoms with Crippen LogP contribution in [-0.4, -0.2) is 54.4 Å². The molecule has 0 radical (unpaired) electrons. The largest absolute Gasteiger partial charge is 0.483 e. The molecular formula is C24H23FN2O3. The van der Waals surface area contributed by atoms with Crippen LogP contribution in [0.3, 0.4) is 0 Å². The highest BCUT2D eigenvalue weighted by Gasteiger charge is 2.25. The van der Waals surface area contributed by atoms with Crippen molar-refractivity contribution >= 4 is 22.6 Å². The highest BCUT2D eigenvalue weighted by atomic mass is 19.1. The summed E-state index contributed by atoms with van der Waals surface area (Å²) in [6.45, 7) is 3.29. The molecule has 1 aliphatic heterocycles. The van der Waals surface area contributed by atoms with Crippen LogP contribution in [0.4, 0.5) is 4.39 Å². The number of piperazine rings is 1. The Bertz CT molecular complexity index is 1090.